The van der Waals surface area contributed by atoms with Crippen molar-refractivity contribution in [3.63, 3.8) is 0 Å². The fourth-order valence-corrected chi connectivity index (χ4v) is 6.58. The van der Waals surface area contributed by atoms with E-state index in [2.05, 4.69) is 16.5 Å². The number of benzene rings is 2. The molecule has 2 fully saturated rings. The maximum absolute atomic E-state index is 15.1. The van der Waals surface area contributed by atoms with Crippen LogP contribution >= 0.6 is 11.6 Å². The number of amides is 1. The number of hydrogen-bond donors (Lipinski definition) is 0. The molecule has 2 aromatic carbocycles. The first-order valence-electron chi connectivity index (χ1n) is 14.0. The summed E-state index contributed by atoms with van der Waals surface area (Å²) >= 11 is 6.84. The average molecular weight is 600 g/mol. The van der Waals surface area contributed by atoms with Gasteiger partial charge >= 0.3 is 5.69 Å². The fourth-order valence-electron chi connectivity index (χ4n) is 6.28. The number of nitrogens with zero attached hydrogens (tertiary/aromatic N) is 5. The molecule has 1 aromatic heterocycles. The smallest absolute Gasteiger partial charge is 0.350 e. The molecule has 42 heavy (non-hydrogen) atoms. The maximum atomic E-state index is 15.1. The first-order valence-corrected chi connectivity index (χ1v) is 14.4. The van der Waals surface area contributed by atoms with Crippen molar-refractivity contribution < 1.29 is 23.0 Å². The Morgan fingerprint density at radius 1 is 1.17 bits per heavy atom. The SMILES string of the molecule is C=CC(=O)N1C[C@H](C)N(c2nc(=O)n3c4c(c(-c5ccc(F)cc5F)c(Cl)cc24)OCC3CN2CCOCC2)C[C@H]1C. The quantitative estimate of drug-likeness (QED) is 0.412. The molecule has 0 spiro atoms. The normalized spacial score (nSPS) is 22.7. The largest absolute Gasteiger partial charge is 0.488 e. The van der Waals surface area contributed by atoms with Crippen molar-refractivity contribution in [1.82, 2.24) is 19.4 Å². The number of ether oxygens (including phenoxy) is 2. The van der Waals surface area contributed by atoms with Crippen LogP contribution in [0.25, 0.3) is 22.0 Å². The summed E-state index contributed by atoms with van der Waals surface area (Å²) < 4.78 is 42.4. The maximum Gasteiger partial charge on any atom is 0.350 e. The lowest BCUT2D eigenvalue weighted by molar-refractivity contribution is -0.128. The zero-order chi connectivity index (χ0) is 29.7. The molecule has 3 atom stereocenters. The van der Waals surface area contributed by atoms with Crippen LogP contribution in [0.2, 0.25) is 5.02 Å². The number of halogens is 3. The summed E-state index contributed by atoms with van der Waals surface area (Å²) in [6.45, 7) is 11.7. The Labute approximate surface area is 246 Å². The molecule has 1 unspecified atom stereocenters. The van der Waals surface area contributed by atoms with Gasteiger partial charge in [0.1, 0.15) is 24.1 Å². The molecule has 222 valence electrons. The molecule has 6 rings (SSSR count). The second-order valence-electron chi connectivity index (χ2n) is 11.1. The molecule has 0 N–H and O–H groups in total. The zero-order valence-corrected chi connectivity index (χ0v) is 24.2. The predicted molar refractivity (Wildman–Crippen MR) is 156 cm³/mol. The van der Waals surface area contributed by atoms with Gasteiger partial charge in [-0.25, -0.2) is 13.6 Å². The Bertz CT molecular complexity index is 1630. The van der Waals surface area contributed by atoms with E-state index in [0.717, 1.165) is 25.2 Å². The van der Waals surface area contributed by atoms with Crippen LogP contribution in [0.1, 0.15) is 19.9 Å². The van der Waals surface area contributed by atoms with Gasteiger partial charge in [0.25, 0.3) is 0 Å². The number of aromatic nitrogens is 2. The Hall–Kier alpha value is -3.54. The third kappa shape index (κ3) is 4.93. The van der Waals surface area contributed by atoms with E-state index in [-0.39, 0.29) is 52.5 Å². The van der Waals surface area contributed by atoms with Crippen molar-refractivity contribution in [3.8, 4) is 16.9 Å². The summed E-state index contributed by atoms with van der Waals surface area (Å²) in [5.41, 5.74) is 0.320. The van der Waals surface area contributed by atoms with E-state index >= 15 is 4.39 Å². The molecular formula is C30H32ClF2N5O4. The van der Waals surface area contributed by atoms with Gasteiger partial charge in [-0.2, -0.15) is 4.98 Å². The van der Waals surface area contributed by atoms with Crippen LogP contribution in [0.5, 0.6) is 5.75 Å². The number of hydrogen-bond acceptors (Lipinski definition) is 7. The van der Waals surface area contributed by atoms with E-state index in [1.807, 2.05) is 18.7 Å². The predicted octanol–water partition coefficient (Wildman–Crippen LogP) is 3.87. The van der Waals surface area contributed by atoms with E-state index in [1.165, 1.54) is 12.1 Å². The van der Waals surface area contributed by atoms with Gasteiger partial charge in [0, 0.05) is 67.4 Å². The van der Waals surface area contributed by atoms with Crippen LogP contribution in [0, 0.1) is 11.6 Å². The average Bonchev–Trinajstić information content (AvgIpc) is 2.97. The standard InChI is InChI=1S/C30H32ClF2N5O4/c1-4-25(39)36-13-18(3)37(14-17(36)2)29-22-12-23(31)26(21-6-5-19(32)11-24(21)33)28-27(22)38(30(40)34-29)20(16-42-28)15-35-7-9-41-10-8-35/h4-6,11-12,17-18,20H,1,7-10,13-16H2,2-3H3/t17-,18+,20?/m1/s1. The summed E-state index contributed by atoms with van der Waals surface area (Å²) in [6.07, 6.45) is 1.30. The Kier molecular flexibility index (Phi) is 7.67. The second kappa shape index (κ2) is 11.3. The highest BCUT2D eigenvalue weighted by atomic mass is 35.5. The van der Waals surface area contributed by atoms with Crippen LogP contribution in [0.4, 0.5) is 14.6 Å². The number of anilines is 1. The molecule has 0 aliphatic carbocycles. The highest BCUT2D eigenvalue weighted by Gasteiger charge is 2.36. The minimum absolute atomic E-state index is 0.0702. The minimum Gasteiger partial charge on any atom is -0.488 e. The van der Waals surface area contributed by atoms with Crippen molar-refractivity contribution in [1.29, 1.82) is 0 Å². The molecule has 3 aliphatic rings. The molecule has 0 saturated carbocycles. The van der Waals surface area contributed by atoms with Crippen molar-refractivity contribution in [2.45, 2.75) is 32.0 Å². The lowest BCUT2D eigenvalue weighted by Crippen LogP contribution is -2.58. The van der Waals surface area contributed by atoms with E-state index in [9.17, 15) is 14.0 Å². The number of carbonyl (C=O) groups excluding carboxylic acids is 1. The van der Waals surface area contributed by atoms with Crippen molar-refractivity contribution >= 4 is 34.2 Å². The zero-order valence-electron chi connectivity index (χ0n) is 23.5. The van der Waals surface area contributed by atoms with Gasteiger partial charge < -0.3 is 19.3 Å². The van der Waals surface area contributed by atoms with Crippen LogP contribution in [0.15, 0.2) is 41.7 Å². The third-order valence-corrected chi connectivity index (χ3v) is 8.67. The molecule has 0 bridgehead atoms. The molecule has 12 heteroatoms. The summed E-state index contributed by atoms with van der Waals surface area (Å²) in [5.74, 6) is -0.995. The minimum atomic E-state index is -0.792. The number of carbonyl (C=O) groups is 1. The first kappa shape index (κ1) is 28.6. The van der Waals surface area contributed by atoms with Crippen molar-refractivity contribution in [2.75, 3.05) is 57.4 Å². The highest BCUT2D eigenvalue weighted by Crippen LogP contribution is 2.47. The summed E-state index contributed by atoms with van der Waals surface area (Å²) in [6, 6.07) is 4.24. The Morgan fingerprint density at radius 3 is 2.64 bits per heavy atom. The first-order chi connectivity index (χ1) is 20.2. The van der Waals surface area contributed by atoms with Gasteiger partial charge in [-0.15, -0.1) is 0 Å². The lowest BCUT2D eigenvalue weighted by Gasteiger charge is -2.45. The molecule has 2 saturated heterocycles. The van der Waals surface area contributed by atoms with E-state index < -0.39 is 17.3 Å². The molecule has 3 aliphatic heterocycles. The molecular weight excluding hydrogens is 568 g/mol. The van der Waals surface area contributed by atoms with Crippen LogP contribution in [-0.4, -0.2) is 89.9 Å². The van der Waals surface area contributed by atoms with Gasteiger partial charge in [0.15, 0.2) is 5.75 Å². The van der Waals surface area contributed by atoms with Gasteiger partial charge in [0.2, 0.25) is 5.91 Å². The number of piperazine rings is 1. The molecule has 0 radical (unpaired) electrons. The van der Waals surface area contributed by atoms with E-state index in [1.54, 1.807) is 15.5 Å². The van der Waals surface area contributed by atoms with E-state index in [0.29, 0.717) is 49.6 Å². The summed E-state index contributed by atoms with van der Waals surface area (Å²) in [7, 11) is 0. The second-order valence-corrected chi connectivity index (χ2v) is 11.5. The topological polar surface area (TPSA) is 80.1 Å². The summed E-state index contributed by atoms with van der Waals surface area (Å²) in [4.78, 5) is 36.9. The lowest BCUT2D eigenvalue weighted by atomic mass is 9.99. The Morgan fingerprint density at radius 2 is 1.93 bits per heavy atom. The third-order valence-electron chi connectivity index (χ3n) is 8.37. The number of rotatable bonds is 5. The van der Waals surface area contributed by atoms with Crippen LogP contribution < -0.4 is 15.3 Å². The van der Waals surface area contributed by atoms with Gasteiger partial charge in [-0.05, 0) is 38.1 Å². The Balaban J connectivity index is 1.54. The van der Waals surface area contributed by atoms with Crippen molar-refractivity contribution in [3.05, 3.63) is 64.1 Å². The molecule has 9 nitrogen and oxygen atoms in total. The van der Waals surface area contributed by atoms with Crippen molar-refractivity contribution in [2.24, 2.45) is 0 Å². The van der Waals surface area contributed by atoms with Crippen LogP contribution in [0.3, 0.4) is 0 Å². The number of morpholine rings is 1. The molecule has 1 amide bonds. The monoisotopic (exact) mass is 599 g/mol. The molecule has 4 heterocycles. The van der Waals surface area contributed by atoms with Crippen LogP contribution in [-0.2, 0) is 9.53 Å². The summed E-state index contributed by atoms with van der Waals surface area (Å²) in [5, 5.41) is 0.763. The molecule has 3 aromatic rings. The van der Waals surface area contributed by atoms with Gasteiger partial charge in [-0.1, -0.05) is 18.2 Å². The highest BCUT2D eigenvalue weighted by molar-refractivity contribution is 6.35. The van der Waals surface area contributed by atoms with Gasteiger partial charge in [0.05, 0.1) is 29.8 Å². The van der Waals surface area contributed by atoms with Gasteiger partial charge in [-0.3, -0.25) is 14.3 Å². The van der Waals surface area contributed by atoms with E-state index in [4.69, 9.17) is 21.1 Å². The fraction of sp³-hybridized carbons (Fsp3) is 0.433.